The Hall–Kier alpha value is -0.580. The van der Waals surface area contributed by atoms with Crippen molar-refractivity contribution in [2.24, 2.45) is 0 Å². The zero-order valence-corrected chi connectivity index (χ0v) is 11.0. The number of carbonyl (C=O) groups excluding carboxylic acids is 1. The largest absolute Gasteiger partial charge is 0.354 e. The highest BCUT2D eigenvalue weighted by molar-refractivity contribution is 7.16. The van der Waals surface area contributed by atoms with Crippen LogP contribution >= 0.6 is 22.9 Å². The number of rotatable bonds is 2. The van der Waals surface area contributed by atoms with E-state index >= 15 is 0 Å². The number of hydrogen-bond donors (Lipinski definition) is 2. The lowest BCUT2D eigenvalue weighted by molar-refractivity contribution is -0.119. The molecule has 2 N–H and O–H groups in total. The Morgan fingerprint density at radius 2 is 2.41 bits per heavy atom. The van der Waals surface area contributed by atoms with Gasteiger partial charge in [0, 0.05) is 29.9 Å². The van der Waals surface area contributed by atoms with Crippen molar-refractivity contribution in [2.45, 2.75) is 37.8 Å². The normalized spacial score (nSPS) is 27.9. The molecule has 3 nitrogen and oxygen atoms in total. The maximum absolute atomic E-state index is 11.2. The molecular weight excluding hydrogens is 256 g/mol. The average Bonchev–Trinajstić information content (AvgIpc) is 2.84. The van der Waals surface area contributed by atoms with Gasteiger partial charge in [0.25, 0.3) is 0 Å². The van der Waals surface area contributed by atoms with Crippen LogP contribution in [0.4, 0.5) is 0 Å². The molecule has 5 heteroatoms. The molecule has 1 aliphatic heterocycles. The molecule has 1 saturated heterocycles. The molecule has 1 aromatic rings. The quantitative estimate of drug-likeness (QED) is 0.866. The van der Waals surface area contributed by atoms with E-state index in [0.717, 1.165) is 23.7 Å². The van der Waals surface area contributed by atoms with E-state index in [2.05, 4.69) is 16.7 Å². The molecule has 0 radical (unpaired) electrons. The second-order valence-corrected chi connectivity index (χ2v) is 6.51. The Kier molecular flexibility index (Phi) is 3.11. The average molecular weight is 271 g/mol. The van der Waals surface area contributed by atoms with Gasteiger partial charge in [-0.05, 0) is 30.9 Å². The Morgan fingerprint density at radius 3 is 3.18 bits per heavy atom. The number of fused-ring (bicyclic) bond motifs is 1. The van der Waals surface area contributed by atoms with E-state index in [1.165, 1.54) is 16.9 Å². The molecule has 3 rings (SSSR count). The van der Waals surface area contributed by atoms with Crippen molar-refractivity contribution in [2.75, 3.05) is 6.54 Å². The predicted octanol–water partition coefficient (Wildman–Crippen LogP) is 2.26. The van der Waals surface area contributed by atoms with E-state index in [0.29, 0.717) is 12.5 Å². The summed E-state index contributed by atoms with van der Waals surface area (Å²) in [7, 11) is 0. The summed E-state index contributed by atoms with van der Waals surface area (Å²) in [6.45, 7) is 0.753. The molecule has 0 spiro atoms. The van der Waals surface area contributed by atoms with E-state index in [1.54, 1.807) is 11.3 Å². The topological polar surface area (TPSA) is 41.1 Å². The molecule has 0 bridgehead atoms. The maximum Gasteiger partial charge on any atom is 0.221 e. The summed E-state index contributed by atoms with van der Waals surface area (Å²) in [6.07, 6.45) is 4.09. The summed E-state index contributed by atoms with van der Waals surface area (Å²) in [5.74, 6) is 0.155. The Morgan fingerprint density at radius 1 is 1.53 bits per heavy atom. The monoisotopic (exact) mass is 270 g/mol. The van der Waals surface area contributed by atoms with Gasteiger partial charge in [-0.2, -0.15) is 0 Å². The van der Waals surface area contributed by atoms with Crippen LogP contribution in [0.5, 0.6) is 0 Å². The van der Waals surface area contributed by atoms with Crippen molar-refractivity contribution in [1.29, 1.82) is 0 Å². The fourth-order valence-electron chi connectivity index (χ4n) is 2.70. The number of carbonyl (C=O) groups is 1. The molecule has 1 aromatic heterocycles. The summed E-state index contributed by atoms with van der Waals surface area (Å²) in [5, 5.41) is 6.45. The number of amides is 1. The highest BCUT2D eigenvalue weighted by Gasteiger charge is 2.28. The second kappa shape index (κ2) is 4.59. The first-order valence-corrected chi connectivity index (χ1v) is 7.22. The van der Waals surface area contributed by atoms with Gasteiger partial charge < -0.3 is 10.6 Å². The van der Waals surface area contributed by atoms with Crippen LogP contribution in [0.1, 0.15) is 35.7 Å². The third-order valence-electron chi connectivity index (χ3n) is 3.50. The summed E-state index contributed by atoms with van der Waals surface area (Å²) >= 11 is 7.78. The lowest BCUT2D eigenvalue weighted by Crippen LogP contribution is -2.35. The second-order valence-electron chi connectivity index (χ2n) is 4.75. The summed E-state index contributed by atoms with van der Waals surface area (Å²) in [5.41, 5.74) is 1.35. The number of halogens is 1. The molecule has 2 atom stereocenters. The fourth-order valence-corrected chi connectivity index (χ4v) is 4.09. The van der Waals surface area contributed by atoms with Crippen LogP contribution in [-0.2, 0) is 11.2 Å². The van der Waals surface area contributed by atoms with Crippen LogP contribution in [0.15, 0.2) is 6.07 Å². The van der Waals surface area contributed by atoms with Gasteiger partial charge in [-0.25, -0.2) is 0 Å². The molecular formula is C12H15ClN2OS. The van der Waals surface area contributed by atoms with Crippen LogP contribution in [0, 0.1) is 0 Å². The van der Waals surface area contributed by atoms with Crippen LogP contribution in [0.2, 0.25) is 4.34 Å². The minimum Gasteiger partial charge on any atom is -0.354 e. The first kappa shape index (κ1) is 11.5. The highest BCUT2D eigenvalue weighted by Crippen LogP contribution is 2.38. The minimum absolute atomic E-state index is 0.155. The predicted molar refractivity (Wildman–Crippen MR) is 69.6 cm³/mol. The molecule has 2 unspecified atom stereocenters. The van der Waals surface area contributed by atoms with E-state index in [1.807, 2.05) is 0 Å². The zero-order valence-electron chi connectivity index (χ0n) is 9.46. The van der Waals surface area contributed by atoms with Gasteiger partial charge >= 0.3 is 0 Å². The lowest BCUT2D eigenvalue weighted by Gasteiger charge is -2.26. The van der Waals surface area contributed by atoms with Gasteiger partial charge in [-0.1, -0.05) is 11.6 Å². The van der Waals surface area contributed by atoms with Crippen LogP contribution in [0.25, 0.3) is 0 Å². The first-order valence-electron chi connectivity index (χ1n) is 6.03. The summed E-state index contributed by atoms with van der Waals surface area (Å²) in [4.78, 5) is 12.6. The lowest BCUT2D eigenvalue weighted by atomic mass is 9.93. The van der Waals surface area contributed by atoms with Crippen molar-refractivity contribution in [3.63, 3.8) is 0 Å². The minimum atomic E-state index is 0.155. The SMILES string of the molecule is O=C1CC(NC2CCCc3sc(Cl)cc32)CN1. The Balaban J connectivity index is 1.74. The smallest absolute Gasteiger partial charge is 0.221 e. The third kappa shape index (κ3) is 2.34. The molecule has 0 saturated carbocycles. The van der Waals surface area contributed by atoms with Crippen molar-refractivity contribution in [1.82, 2.24) is 10.6 Å². The number of hydrogen-bond acceptors (Lipinski definition) is 3. The number of nitrogens with one attached hydrogen (secondary N) is 2. The molecule has 2 heterocycles. The fraction of sp³-hybridized carbons (Fsp3) is 0.583. The summed E-state index contributed by atoms with van der Waals surface area (Å²) in [6, 6.07) is 2.74. The van der Waals surface area contributed by atoms with Crippen LogP contribution < -0.4 is 10.6 Å². The molecule has 1 amide bonds. The van der Waals surface area contributed by atoms with Crippen molar-refractivity contribution in [3.05, 3.63) is 20.8 Å². The number of aryl methyl sites for hydroxylation is 1. The van der Waals surface area contributed by atoms with E-state index < -0.39 is 0 Å². The van der Waals surface area contributed by atoms with Gasteiger partial charge in [0.1, 0.15) is 0 Å². The van der Waals surface area contributed by atoms with Gasteiger partial charge in [0.05, 0.1) is 4.34 Å². The molecule has 0 aromatic carbocycles. The van der Waals surface area contributed by atoms with Crippen molar-refractivity contribution >= 4 is 28.8 Å². The molecule has 1 fully saturated rings. The van der Waals surface area contributed by atoms with Gasteiger partial charge in [-0.3, -0.25) is 4.79 Å². The van der Waals surface area contributed by atoms with Crippen molar-refractivity contribution in [3.8, 4) is 0 Å². The van der Waals surface area contributed by atoms with E-state index in [4.69, 9.17) is 11.6 Å². The number of thiophene rings is 1. The van der Waals surface area contributed by atoms with E-state index in [9.17, 15) is 4.79 Å². The molecule has 2 aliphatic rings. The first-order chi connectivity index (χ1) is 8.22. The van der Waals surface area contributed by atoms with Gasteiger partial charge in [0.2, 0.25) is 5.91 Å². The summed E-state index contributed by atoms with van der Waals surface area (Å²) < 4.78 is 0.879. The maximum atomic E-state index is 11.2. The Labute approximate surface area is 110 Å². The molecule has 92 valence electrons. The highest BCUT2D eigenvalue weighted by atomic mass is 35.5. The van der Waals surface area contributed by atoms with E-state index in [-0.39, 0.29) is 11.9 Å². The van der Waals surface area contributed by atoms with Crippen molar-refractivity contribution < 1.29 is 4.79 Å². The molecule has 17 heavy (non-hydrogen) atoms. The van der Waals surface area contributed by atoms with Crippen LogP contribution in [0.3, 0.4) is 0 Å². The third-order valence-corrected chi connectivity index (χ3v) is 4.84. The Bertz CT molecular complexity index is 446. The van der Waals surface area contributed by atoms with Crippen LogP contribution in [-0.4, -0.2) is 18.5 Å². The zero-order chi connectivity index (χ0) is 11.8. The standard InChI is InChI=1S/C12H15ClN2OS/c13-11-5-8-9(2-1-3-10(8)17-11)15-7-4-12(16)14-6-7/h5,7,9,15H,1-4,6H2,(H,14,16). The van der Waals surface area contributed by atoms with Gasteiger partial charge in [-0.15, -0.1) is 11.3 Å². The van der Waals surface area contributed by atoms with Gasteiger partial charge in [0.15, 0.2) is 0 Å². The molecule has 1 aliphatic carbocycles.